The lowest BCUT2D eigenvalue weighted by Gasteiger charge is -2.26. The average Bonchev–Trinajstić information content (AvgIpc) is 3.23. The Labute approximate surface area is 108 Å². The van der Waals surface area contributed by atoms with Gasteiger partial charge in [-0.15, -0.1) is 0 Å². The van der Waals surface area contributed by atoms with E-state index in [1.807, 2.05) is 24.3 Å². The summed E-state index contributed by atoms with van der Waals surface area (Å²) >= 11 is 0. The summed E-state index contributed by atoms with van der Waals surface area (Å²) in [6.07, 6.45) is 3.64. The summed E-state index contributed by atoms with van der Waals surface area (Å²) in [4.78, 5) is 0. The van der Waals surface area contributed by atoms with Crippen molar-refractivity contribution in [3.05, 3.63) is 29.8 Å². The molecule has 2 fully saturated rings. The molecule has 1 atom stereocenters. The number of hydrogen-bond acceptors (Lipinski definition) is 2. The van der Waals surface area contributed by atoms with E-state index in [-0.39, 0.29) is 5.92 Å². The summed E-state index contributed by atoms with van der Waals surface area (Å²) < 4.78 is 20.2. The number of rotatable bonds is 4. The van der Waals surface area contributed by atoms with Crippen LogP contribution in [0.4, 0.5) is 4.39 Å². The monoisotopic (exact) mass is 249 g/mol. The van der Waals surface area contributed by atoms with Gasteiger partial charge < -0.3 is 10.1 Å². The highest BCUT2D eigenvalue weighted by Gasteiger charge is 2.26. The Hall–Kier alpha value is -1.09. The molecule has 3 rings (SSSR count). The summed E-state index contributed by atoms with van der Waals surface area (Å²) in [7, 11) is 0. The lowest BCUT2D eigenvalue weighted by atomic mass is 9.89. The molecular weight excluding hydrogens is 229 g/mol. The predicted octanol–water partition coefficient (Wildman–Crippen LogP) is 3.24. The minimum absolute atomic E-state index is 0.155. The van der Waals surface area contributed by atoms with Gasteiger partial charge in [0.15, 0.2) is 0 Å². The number of nitrogens with one attached hydrogen (secondary N) is 1. The number of halogens is 1. The number of benzene rings is 1. The Morgan fingerprint density at radius 2 is 1.94 bits per heavy atom. The molecule has 1 N–H and O–H groups in total. The number of hydrogen-bond donors (Lipinski definition) is 1. The van der Waals surface area contributed by atoms with Crippen molar-refractivity contribution in [2.24, 2.45) is 5.92 Å². The predicted molar refractivity (Wildman–Crippen MR) is 69.5 cm³/mol. The van der Waals surface area contributed by atoms with Gasteiger partial charge in [0, 0.05) is 0 Å². The van der Waals surface area contributed by atoms with Gasteiger partial charge in [0.05, 0.1) is 6.10 Å². The largest absolute Gasteiger partial charge is 0.490 e. The molecule has 1 aliphatic heterocycles. The van der Waals surface area contributed by atoms with Crippen molar-refractivity contribution >= 4 is 0 Å². The molecular formula is C15H20FNO. The van der Waals surface area contributed by atoms with Crippen LogP contribution in [-0.4, -0.2) is 19.2 Å². The second-order valence-electron chi connectivity index (χ2n) is 5.38. The zero-order valence-corrected chi connectivity index (χ0v) is 10.6. The summed E-state index contributed by atoms with van der Waals surface area (Å²) in [5.74, 6) is 0.981. The Kier molecular flexibility index (Phi) is 3.50. The molecule has 0 spiro atoms. The molecule has 1 saturated carbocycles. The lowest BCUT2D eigenvalue weighted by Crippen LogP contribution is -2.29. The third kappa shape index (κ3) is 2.83. The lowest BCUT2D eigenvalue weighted by molar-refractivity contribution is 0.189. The fourth-order valence-electron chi connectivity index (χ4n) is 2.55. The maximum Gasteiger partial charge on any atom is 0.128 e. The van der Waals surface area contributed by atoms with Gasteiger partial charge in [-0.25, -0.2) is 4.39 Å². The third-order valence-corrected chi connectivity index (χ3v) is 3.80. The SMILES string of the molecule is FC(c1cccc(OC2CC2)c1)C1CCNCC1. The fourth-order valence-corrected chi connectivity index (χ4v) is 2.55. The van der Waals surface area contributed by atoms with Gasteiger partial charge in [-0.05, 0) is 62.4 Å². The molecule has 0 radical (unpaired) electrons. The van der Waals surface area contributed by atoms with Crippen LogP contribution in [0, 0.1) is 5.92 Å². The first-order valence-corrected chi connectivity index (χ1v) is 6.94. The Morgan fingerprint density at radius 1 is 1.17 bits per heavy atom. The highest BCUT2D eigenvalue weighted by atomic mass is 19.1. The first kappa shape index (κ1) is 12.0. The fraction of sp³-hybridized carbons (Fsp3) is 0.600. The molecule has 0 amide bonds. The van der Waals surface area contributed by atoms with Gasteiger partial charge in [0.1, 0.15) is 11.9 Å². The molecule has 2 aliphatic rings. The van der Waals surface area contributed by atoms with E-state index < -0.39 is 6.17 Å². The average molecular weight is 249 g/mol. The zero-order chi connectivity index (χ0) is 12.4. The van der Waals surface area contributed by atoms with Gasteiger partial charge in [-0.1, -0.05) is 12.1 Å². The van der Waals surface area contributed by atoms with Crippen molar-refractivity contribution in [1.29, 1.82) is 0 Å². The van der Waals surface area contributed by atoms with Gasteiger partial charge in [-0.3, -0.25) is 0 Å². The normalized spacial score (nSPS) is 22.7. The Bertz CT molecular complexity index is 399. The molecule has 0 bridgehead atoms. The highest BCUT2D eigenvalue weighted by molar-refractivity contribution is 5.30. The quantitative estimate of drug-likeness (QED) is 0.884. The van der Waals surface area contributed by atoms with Gasteiger partial charge in [-0.2, -0.15) is 0 Å². The van der Waals surface area contributed by atoms with E-state index in [4.69, 9.17) is 4.74 Å². The molecule has 1 saturated heterocycles. The van der Waals surface area contributed by atoms with Crippen molar-refractivity contribution in [3.8, 4) is 5.75 Å². The maximum atomic E-state index is 14.5. The molecule has 1 heterocycles. The van der Waals surface area contributed by atoms with Crippen LogP contribution >= 0.6 is 0 Å². The smallest absolute Gasteiger partial charge is 0.128 e. The first-order valence-electron chi connectivity index (χ1n) is 6.94. The topological polar surface area (TPSA) is 21.3 Å². The van der Waals surface area contributed by atoms with E-state index in [1.165, 1.54) is 0 Å². The molecule has 1 unspecified atom stereocenters. The van der Waals surface area contributed by atoms with Crippen LogP contribution in [0.1, 0.15) is 37.4 Å². The van der Waals surface area contributed by atoms with Crippen LogP contribution in [-0.2, 0) is 0 Å². The number of piperidine rings is 1. The van der Waals surface area contributed by atoms with Crippen molar-refractivity contribution < 1.29 is 9.13 Å². The van der Waals surface area contributed by atoms with Gasteiger partial charge >= 0.3 is 0 Å². The van der Waals surface area contributed by atoms with Crippen LogP contribution in [0.2, 0.25) is 0 Å². The summed E-state index contributed by atoms with van der Waals surface area (Å²) in [6.45, 7) is 1.87. The van der Waals surface area contributed by atoms with Crippen LogP contribution in [0.3, 0.4) is 0 Å². The molecule has 1 aromatic rings. The van der Waals surface area contributed by atoms with E-state index in [0.717, 1.165) is 50.1 Å². The molecule has 2 nitrogen and oxygen atoms in total. The first-order chi connectivity index (χ1) is 8.83. The van der Waals surface area contributed by atoms with Crippen LogP contribution < -0.4 is 10.1 Å². The molecule has 98 valence electrons. The maximum absolute atomic E-state index is 14.5. The van der Waals surface area contributed by atoms with E-state index in [2.05, 4.69) is 5.32 Å². The van der Waals surface area contributed by atoms with Crippen molar-refractivity contribution in [1.82, 2.24) is 5.32 Å². The van der Waals surface area contributed by atoms with Crippen molar-refractivity contribution in [2.75, 3.05) is 13.1 Å². The standard InChI is InChI=1S/C15H20FNO/c16-15(11-6-8-17-9-7-11)12-2-1-3-14(10-12)18-13-4-5-13/h1-3,10-11,13,15,17H,4-9H2. The molecule has 1 aromatic carbocycles. The molecule has 18 heavy (non-hydrogen) atoms. The van der Waals surface area contributed by atoms with Gasteiger partial charge in [0.2, 0.25) is 0 Å². The minimum atomic E-state index is -0.852. The minimum Gasteiger partial charge on any atom is -0.490 e. The van der Waals surface area contributed by atoms with E-state index in [0.29, 0.717) is 6.10 Å². The van der Waals surface area contributed by atoms with E-state index >= 15 is 0 Å². The molecule has 1 aliphatic carbocycles. The Morgan fingerprint density at radius 3 is 2.67 bits per heavy atom. The van der Waals surface area contributed by atoms with Crippen LogP contribution in [0.15, 0.2) is 24.3 Å². The number of ether oxygens (including phenoxy) is 1. The van der Waals surface area contributed by atoms with E-state index in [1.54, 1.807) is 0 Å². The Balaban J connectivity index is 1.69. The van der Waals surface area contributed by atoms with Crippen LogP contribution in [0.25, 0.3) is 0 Å². The number of alkyl halides is 1. The summed E-state index contributed by atoms with van der Waals surface area (Å²) in [6, 6.07) is 7.59. The van der Waals surface area contributed by atoms with Crippen molar-refractivity contribution in [2.45, 2.75) is 38.0 Å². The third-order valence-electron chi connectivity index (χ3n) is 3.80. The summed E-state index contributed by atoms with van der Waals surface area (Å²) in [5, 5.41) is 3.28. The summed E-state index contributed by atoms with van der Waals surface area (Å²) in [5.41, 5.74) is 0.778. The molecule has 0 aromatic heterocycles. The zero-order valence-electron chi connectivity index (χ0n) is 10.6. The second-order valence-corrected chi connectivity index (χ2v) is 5.38. The highest BCUT2D eigenvalue weighted by Crippen LogP contribution is 2.34. The van der Waals surface area contributed by atoms with Crippen molar-refractivity contribution in [3.63, 3.8) is 0 Å². The van der Waals surface area contributed by atoms with Gasteiger partial charge in [0.25, 0.3) is 0 Å². The van der Waals surface area contributed by atoms with E-state index in [9.17, 15) is 4.39 Å². The second kappa shape index (κ2) is 5.27. The van der Waals surface area contributed by atoms with Crippen LogP contribution in [0.5, 0.6) is 5.75 Å². The molecule has 3 heteroatoms.